The largest absolute Gasteiger partial charge is 0.478 e. The van der Waals surface area contributed by atoms with Crippen molar-refractivity contribution in [1.29, 1.82) is 0 Å². The molecule has 0 bridgehead atoms. The first-order valence-corrected chi connectivity index (χ1v) is 10.6. The molecule has 2 aliphatic carbocycles. The second kappa shape index (κ2) is 5.89. The minimum absolute atomic E-state index is 0.0150. The second-order valence-electron chi connectivity index (χ2n) is 9.61. The fourth-order valence-corrected chi connectivity index (χ4v) is 5.93. The molecule has 5 aliphatic rings. The fourth-order valence-electron chi connectivity index (χ4n) is 5.93. The van der Waals surface area contributed by atoms with Crippen LogP contribution in [0.2, 0.25) is 0 Å². The van der Waals surface area contributed by atoms with E-state index in [-0.39, 0.29) is 45.6 Å². The first-order valence-electron chi connectivity index (χ1n) is 10.6. The van der Waals surface area contributed by atoms with E-state index in [9.17, 15) is 19.8 Å². The van der Waals surface area contributed by atoms with Crippen molar-refractivity contribution in [3.05, 3.63) is 29.9 Å². The lowest BCUT2D eigenvalue weighted by Gasteiger charge is -2.48. The zero-order valence-electron chi connectivity index (χ0n) is 17.1. The summed E-state index contributed by atoms with van der Waals surface area (Å²) in [6.45, 7) is 4.69. The van der Waals surface area contributed by atoms with Gasteiger partial charge in [-0.05, 0) is 25.8 Å². The molecule has 10 heteroatoms. The summed E-state index contributed by atoms with van der Waals surface area (Å²) in [6, 6.07) is 1.54. The van der Waals surface area contributed by atoms with Crippen molar-refractivity contribution in [2.45, 2.75) is 31.5 Å². The molecule has 2 spiro atoms. The Morgan fingerprint density at radius 2 is 1.71 bits per heavy atom. The summed E-state index contributed by atoms with van der Waals surface area (Å²) in [5, 5.41) is 27.3. The summed E-state index contributed by atoms with van der Waals surface area (Å²) in [6.07, 6.45) is 4.66. The van der Waals surface area contributed by atoms with Crippen LogP contribution < -0.4 is 10.6 Å². The van der Waals surface area contributed by atoms with Gasteiger partial charge in [0.25, 0.3) is 0 Å². The standard InChI is InChI=1S/C21H24N6O4/c1-11-14(17(28)29)15(16-24-3-2-4-25-16)27(13-6-20(13)9-23-10-20)21(26-11,18(30)31)12-5-19(12)7-22-8-19/h2-4,12-13,22-23H,5-10H2,1H3,(H,28,29)(H,30,31). The third kappa shape index (κ3) is 2.31. The number of aliphatic carboxylic acids is 2. The van der Waals surface area contributed by atoms with Crippen molar-refractivity contribution in [3.63, 3.8) is 0 Å². The molecule has 1 aromatic rings. The molecule has 31 heavy (non-hydrogen) atoms. The highest BCUT2D eigenvalue weighted by atomic mass is 16.4. The monoisotopic (exact) mass is 424 g/mol. The van der Waals surface area contributed by atoms with Crippen LogP contribution in [0.25, 0.3) is 5.70 Å². The molecule has 3 atom stereocenters. The molecular formula is C21H24N6O4. The molecule has 162 valence electrons. The lowest BCUT2D eigenvalue weighted by Crippen LogP contribution is -2.63. The molecule has 2 saturated heterocycles. The number of carboxylic acid groups (broad SMARTS) is 2. The maximum Gasteiger partial charge on any atom is 0.352 e. The number of carboxylic acids is 2. The molecule has 3 unspecified atom stereocenters. The van der Waals surface area contributed by atoms with Crippen LogP contribution >= 0.6 is 0 Å². The predicted molar refractivity (Wildman–Crippen MR) is 109 cm³/mol. The average Bonchev–Trinajstić information content (AvgIpc) is 3.57. The Hall–Kier alpha value is -2.85. The molecule has 1 aromatic heterocycles. The second-order valence-corrected chi connectivity index (χ2v) is 9.61. The Balaban J connectivity index is 1.59. The van der Waals surface area contributed by atoms with Gasteiger partial charge in [0.2, 0.25) is 5.66 Å². The lowest BCUT2D eigenvalue weighted by molar-refractivity contribution is -0.152. The molecule has 2 saturated carbocycles. The predicted octanol–water partition coefficient (Wildman–Crippen LogP) is -0.199. The van der Waals surface area contributed by atoms with E-state index in [1.54, 1.807) is 30.3 Å². The zero-order valence-corrected chi connectivity index (χ0v) is 17.1. The van der Waals surface area contributed by atoms with Crippen molar-refractivity contribution in [2.75, 3.05) is 26.2 Å². The van der Waals surface area contributed by atoms with Crippen LogP contribution in [0.1, 0.15) is 25.6 Å². The van der Waals surface area contributed by atoms with Crippen molar-refractivity contribution < 1.29 is 19.8 Å². The number of carbonyl (C=O) groups is 2. The average molecular weight is 424 g/mol. The van der Waals surface area contributed by atoms with Crippen molar-refractivity contribution in [1.82, 2.24) is 25.5 Å². The third-order valence-electron chi connectivity index (χ3n) is 7.89. The third-order valence-corrected chi connectivity index (χ3v) is 7.89. The van der Waals surface area contributed by atoms with Gasteiger partial charge in [0.05, 0.1) is 5.71 Å². The maximum atomic E-state index is 13.0. The van der Waals surface area contributed by atoms with E-state index in [4.69, 9.17) is 4.99 Å². The van der Waals surface area contributed by atoms with Gasteiger partial charge in [0.1, 0.15) is 11.3 Å². The summed E-state index contributed by atoms with van der Waals surface area (Å²) < 4.78 is 0. The minimum Gasteiger partial charge on any atom is -0.478 e. The summed E-state index contributed by atoms with van der Waals surface area (Å²) >= 11 is 0. The molecule has 4 heterocycles. The van der Waals surface area contributed by atoms with E-state index >= 15 is 0 Å². The number of aromatic nitrogens is 2. The topological polar surface area (TPSA) is 140 Å². The van der Waals surface area contributed by atoms with E-state index in [1.165, 1.54) is 0 Å². The van der Waals surface area contributed by atoms with E-state index in [2.05, 4.69) is 20.6 Å². The van der Waals surface area contributed by atoms with E-state index < -0.39 is 17.6 Å². The van der Waals surface area contributed by atoms with Gasteiger partial charge >= 0.3 is 11.9 Å². The lowest BCUT2D eigenvalue weighted by atomic mass is 9.85. The summed E-state index contributed by atoms with van der Waals surface area (Å²) in [5.74, 6) is -2.15. The molecule has 10 nitrogen and oxygen atoms in total. The molecular weight excluding hydrogens is 400 g/mol. The van der Waals surface area contributed by atoms with Crippen molar-refractivity contribution >= 4 is 23.3 Å². The van der Waals surface area contributed by atoms with Crippen LogP contribution in [0.3, 0.4) is 0 Å². The number of nitrogens with zero attached hydrogens (tertiary/aromatic N) is 4. The number of nitrogens with one attached hydrogen (secondary N) is 2. The van der Waals surface area contributed by atoms with Crippen molar-refractivity contribution in [3.8, 4) is 0 Å². The van der Waals surface area contributed by atoms with Crippen LogP contribution in [0.4, 0.5) is 0 Å². The van der Waals surface area contributed by atoms with E-state index in [1.807, 2.05) is 0 Å². The van der Waals surface area contributed by atoms with Crippen LogP contribution in [-0.2, 0) is 9.59 Å². The van der Waals surface area contributed by atoms with Gasteiger partial charge in [0.15, 0.2) is 5.82 Å². The highest BCUT2D eigenvalue weighted by Crippen LogP contribution is 2.67. The van der Waals surface area contributed by atoms with E-state index in [0.717, 1.165) is 39.0 Å². The van der Waals surface area contributed by atoms with Gasteiger partial charge in [-0.25, -0.2) is 24.5 Å². The first kappa shape index (κ1) is 18.9. The van der Waals surface area contributed by atoms with Crippen LogP contribution in [-0.4, -0.2) is 80.6 Å². The Kier molecular flexibility index (Phi) is 3.59. The van der Waals surface area contributed by atoms with Gasteiger partial charge in [-0.3, -0.25) is 0 Å². The summed E-state index contributed by atoms with van der Waals surface area (Å²) in [7, 11) is 0. The molecule has 0 aromatic carbocycles. The highest BCUT2D eigenvalue weighted by molar-refractivity contribution is 6.24. The molecule has 4 N–H and O–H groups in total. The van der Waals surface area contributed by atoms with Gasteiger partial charge in [-0.1, -0.05) is 0 Å². The maximum absolute atomic E-state index is 13.0. The van der Waals surface area contributed by atoms with Crippen LogP contribution in [0, 0.1) is 16.7 Å². The van der Waals surface area contributed by atoms with E-state index in [0.29, 0.717) is 0 Å². The van der Waals surface area contributed by atoms with Gasteiger partial charge in [-0.15, -0.1) is 0 Å². The van der Waals surface area contributed by atoms with Gasteiger partial charge in [-0.2, -0.15) is 0 Å². The number of hydrogen-bond donors (Lipinski definition) is 4. The van der Waals surface area contributed by atoms with Gasteiger partial charge < -0.3 is 25.7 Å². The highest BCUT2D eigenvalue weighted by Gasteiger charge is 2.76. The summed E-state index contributed by atoms with van der Waals surface area (Å²) in [4.78, 5) is 40.6. The summed E-state index contributed by atoms with van der Waals surface area (Å²) in [5.41, 5.74) is -1.22. The first-order chi connectivity index (χ1) is 14.8. The quantitative estimate of drug-likeness (QED) is 0.506. The molecule has 0 radical (unpaired) electrons. The Morgan fingerprint density at radius 1 is 1.06 bits per heavy atom. The normalized spacial score (nSPS) is 34.1. The van der Waals surface area contributed by atoms with Crippen LogP contribution in [0.15, 0.2) is 29.0 Å². The van der Waals surface area contributed by atoms with Gasteiger partial charge in [0, 0.05) is 61.4 Å². The fraction of sp³-hybridized carbons (Fsp3) is 0.571. The number of aliphatic imine (C=N–C) groups is 1. The Morgan fingerprint density at radius 3 is 2.16 bits per heavy atom. The Labute approximate surface area is 178 Å². The van der Waals surface area contributed by atoms with Crippen molar-refractivity contribution in [2.24, 2.45) is 21.7 Å². The smallest absolute Gasteiger partial charge is 0.352 e. The molecule has 0 amide bonds. The molecule has 6 rings (SSSR count). The molecule has 4 fully saturated rings. The number of hydrogen-bond acceptors (Lipinski definition) is 8. The SMILES string of the molecule is CC1=NC(C(=O)O)(C2CC23CNC3)N(C2CC23CNC3)C(c2ncccn2)=C1C(=O)O. The number of rotatable bonds is 5. The minimum atomic E-state index is -1.55. The Bertz CT molecular complexity index is 1060. The zero-order chi connectivity index (χ0) is 21.6. The van der Waals surface area contributed by atoms with Crippen LogP contribution in [0.5, 0.6) is 0 Å². The molecule has 3 aliphatic heterocycles.